The van der Waals surface area contributed by atoms with Crippen molar-refractivity contribution in [2.45, 2.75) is 31.1 Å². The second-order valence-corrected chi connectivity index (χ2v) is 3.94. The molecule has 0 heterocycles. The number of hydrogen-bond donors (Lipinski definition) is 0. The minimum absolute atomic E-state index is 0.135. The van der Waals surface area contributed by atoms with Crippen molar-refractivity contribution in [2.24, 2.45) is 0 Å². The average Bonchev–Trinajstić information content (AvgIpc) is 2.16. The lowest BCUT2D eigenvalue weighted by Gasteiger charge is -2.08. The van der Waals surface area contributed by atoms with E-state index in [0.717, 1.165) is 22.4 Å². The minimum atomic E-state index is -2.26. The fourth-order valence-corrected chi connectivity index (χ4v) is 1.99. The van der Waals surface area contributed by atoms with Gasteiger partial charge >= 0.3 is 0 Å². The van der Waals surface area contributed by atoms with Gasteiger partial charge in [-0.1, -0.05) is 19.1 Å². The molecule has 0 aliphatic rings. The summed E-state index contributed by atoms with van der Waals surface area (Å²) >= 11 is 1.52. The predicted molar refractivity (Wildman–Crippen MR) is 57.3 cm³/mol. The molecule has 0 aliphatic carbocycles. The van der Waals surface area contributed by atoms with Crippen molar-refractivity contribution < 1.29 is 8.78 Å². The van der Waals surface area contributed by atoms with E-state index in [1.54, 1.807) is 0 Å². The Morgan fingerprint density at radius 1 is 1.36 bits per heavy atom. The van der Waals surface area contributed by atoms with Crippen molar-refractivity contribution in [3.8, 4) is 0 Å². The maximum Gasteiger partial charge on any atom is 0.242 e. The van der Waals surface area contributed by atoms with Gasteiger partial charge in [-0.3, -0.25) is 0 Å². The molecule has 1 aromatic rings. The van der Waals surface area contributed by atoms with Crippen LogP contribution in [-0.4, -0.2) is 12.7 Å². The molecule has 0 bridgehead atoms. The summed E-state index contributed by atoms with van der Waals surface area (Å²) < 4.78 is 24.5. The second kappa shape index (κ2) is 5.35. The van der Waals surface area contributed by atoms with Crippen molar-refractivity contribution >= 4 is 11.8 Å². The molecule has 0 saturated heterocycles. The molecule has 1 aromatic carbocycles. The lowest BCUT2D eigenvalue weighted by atomic mass is 10.1. The smallest absolute Gasteiger partial charge is 0.210 e. The van der Waals surface area contributed by atoms with E-state index in [1.165, 1.54) is 11.8 Å². The molecule has 0 amide bonds. The van der Waals surface area contributed by atoms with Crippen molar-refractivity contribution in [2.75, 3.05) is 6.26 Å². The lowest BCUT2D eigenvalue weighted by Crippen LogP contribution is -1.99. The highest BCUT2D eigenvalue weighted by Gasteiger charge is 2.09. The number of rotatable bonds is 4. The van der Waals surface area contributed by atoms with E-state index in [1.807, 2.05) is 31.4 Å². The van der Waals surface area contributed by atoms with E-state index in [-0.39, 0.29) is 6.42 Å². The van der Waals surface area contributed by atoms with Gasteiger partial charge in [-0.05, 0) is 29.9 Å². The second-order valence-electron chi connectivity index (χ2n) is 3.09. The number of thioether (sulfide) groups is 1. The Bertz CT molecular complexity index is 297. The molecule has 78 valence electrons. The predicted octanol–water partition coefficient (Wildman–Crippen LogP) is 3.78. The van der Waals surface area contributed by atoms with Crippen LogP contribution in [0.1, 0.15) is 18.1 Å². The van der Waals surface area contributed by atoms with Gasteiger partial charge in [0.1, 0.15) is 0 Å². The number of halogens is 2. The first-order valence-corrected chi connectivity index (χ1v) is 5.83. The van der Waals surface area contributed by atoms with Gasteiger partial charge in [0.2, 0.25) is 6.43 Å². The van der Waals surface area contributed by atoms with E-state index in [0.29, 0.717) is 0 Å². The SMILES string of the molecule is CCc1ccc(SC)c(CC(F)F)c1. The zero-order chi connectivity index (χ0) is 10.6. The maximum absolute atomic E-state index is 12.3. The highest BCUT2D eigenvalue weighted by atomic mass is 32.2. The molecule has 3 heteroatoms. The molecule has 0 saturated carbocycles. The summed E-state index contributed by atoms with van der Waals surface area (Å²) in [4.78, 5) is 0.961. The first-order valence-electron chi connectivity index (χ1n) is 4.61. The van der Waals surface area contributed by atoms with Gasteiger partial charge < -0.3 is 0 Å². The first-order chi connectivity index (χ1) is 6.67. The van der Waals surface area contributed by atoms with E-state index in [4.69, 9.17) is 0 Å². The van der Waals surface area contributed by atoms with Gasteiger partial charge in [-0.25, -0.2) is 8.78 Å². The monoisotopic (exact) mass is 216 g/mol. The van der Waals surface area contributed by atoms with Gasteiger partial charge in [-0.2, -0.15) is 0 Å². The Labute approximate surface area is 87.7 Å². The summed E-state index contributed by atoms with van der Waals surface area (Å²) in [6.45, 7) is 2.03. The summed E-state index contributed by atoms with van der Waals surface area (Å²) in [5.74, 6) is 0. The van der Waals surface area contributed by atoms with E-state index in [9.17, 15) is 8.78 Å². The molecule has 0 radical (unpaired) electrons. The van der Waals surface area contributed by atoms with Crippen LogP contribution in [0.15, 0.2) is 23.1 Å². The molecular formula is C11H14F2S. The van der Waals surface area contributed by atoms with Gasteiger partial charge in [0, 0.05) is 11.3 Å². The maximum atomic E-state index is 12.3. The van der Waals surface area contributed by atoms with Gasteiger partial charge in [0.25, 0.3) is 0 Å². The van der Waals surface area contributed by atoms with Crippen LogP contribution in [0.5, 0.6) is 0 Å². The quantitative estimate of drug-likeness (QED) is 0.690. The van der Waals surface area contributed by atoms with Crippen LogP contribution in [0, 0.1) is 0 Å². The van der Waals surface area contributed by atoms with Gasteiger partial charge in [0.05, 0.1) is 0 Å². The van der Waals surface area contributed by atoms with E-state index in [2.05, 4.69) is 0 Å². The molecule has 0 aliphatic heterocycles. The van der Waals surface area contributed by atoms with E-state index >= 15 is 0 Å². The third-order valence-electron chi connectivity index (χ3n) is 2.13. The fraction of sp³-hybridized carbons (Fsp3) is 0.455. The Morgan fingerprint density at radius 3 is 2.57 bits per heavy atom. The summed E-state index contributed by atoms with van der Waals surface area (Å²) in [6, 6.07) is 5.82. The largest absolute Gasteiger partial charge is 0.242 e. The molecule has 0 nitrogen and oxygen atoms in total. The van der Waals surface area contributed by atoms with Crippen molar-refractivity contribution in [1.82, 2.24) is 0 Å². The highest BCUT2D eigenvalue weighted by molar-refractivity contribution is 7.98. The molecular weight excluding hydrogens is 202 g/mol. The summed E-state index contributed by atoms with van der Waals surface area (Å²) in [5, 5.41) is 0. The normalized spacial score (nSPS) is 10.9. The number of aryl methyl sites for hydroxylation is 1. The van der Waals surface area contributed by atoms with Crippen molar-refractivity contribution in [1.29, 1.82) is 0 Å². The van der Waals surface area contributed by atoms with Crippen LogP contribution in [-0.2, 0) is 12.8 Å². The van der Waals surface area contributed by atoms with Crippen molar-refractivity contribution in [3.63, 3.8) is 0 Å². The third-order valence-corrected chi connectivity index (χ3v) is 2.97. The topological polar surface area (TPSA) is 0 Å². The zero-order valence-corrected chi connectivity index (χ0v) is 9.20. The number of hydrogen-bond acceptors (Lipinski definition) is 1. The first kappa shape index (κ1) is 11.5. The van der Waals surface area contributed by atoms with Crippen LogP contribution in [0.25, 0.3) is 0 Å². The van der Waals surface area contributed by atoms with Crippen LogP contribution in [0.2, 0.25) is 0 Å². The molecule has 0 aromatic heterocycles. The number of alkyl halides is 2. The van der Waals surface area contributed by atoms with Gasteiger partial charge in [-0.15, -0.1) is 11.8 Å². The zero-order valence-electron chi connectivity index (χ0n) is 8.39. The fourth-order valence-electron chi connectivity index (χ4n) is 1.38. The molecule has 0 fully saturated rings. The molecule has 0 spiro atoms. The average molecular weight is 216 g/mol. The molecule has 1 rings (SSSR count). The highest BCUT2D eigenvalue weighted by Crippen LogP contribution is 2.24. The molecule has 14 heavy (non-hydrogen) atoms. The summed E-state index contributed by atoms with van der Waals surface area (Å²) in [5.41, 5.74) is 1.89. The lowest BCUT2D eigenvalue weighted by molar-refractivity contribution is 0.148. The summed E-state index contributed by atoms with van der Waals surface area (Å²) in [7, 11) is 0. The Morgan fingerprint density at radius 2 is 2.07 bits per heavy atom. The Hall–Kier alpha value is -0.570. The Balaban J connectivity index is 2.96. The molecule has 0 unspecified atom stereocenters. The van der Waals surface area contributed by atoms with Crippen LogP contribution >= 0.6 is 11.8 Å². The third kappa shape index (κ3) is 2.98. The molecule has 0 atom stereocenters. The minimum Gasteiger partial charge on any atom is -0.210 e. The Kier molecular flexibility index (Phi) is 4.39. The molecule has 0 N–H and O–H groups in total. The van der Waals surface area contributed by atoms with E-state index < -0.39 is 6.43 Å². The van der Waals surface area contributed by atoms with Crippen molar-refractivity contribution in [3.05, 3.63) is 29.3 Å². The van der Waals surface area contributed by atoms with Gasteiger partial charge in [0.15, 0.2) is 0 Å². The standard InChI is InChI=1S/C11H14F2S/c1-3-8-4-5-10(14-2)9(6-8)7-11(12)13/h4-6,11H,3,7H2,1-2H3. The van der Waals surface area contributed by atoms with Crippen LogP contribution in [0.4, 0.5) is 8.78 Å². The van der Waals surface area contributed by atoms with Crippen LogP contribution in [0.3, 0.4) is 0 Å². The summed E-state index contributed by atoms with van der Waals surface area (Å²) in [6.07, 6.45) is 0.415. The number of benzene rings is 1. The van der Waals surface area contributed by atoms with Crippen LogP contribution < -0.4 is 0 Å².